The molecule has 1 amide bonds. The first kappa shape index (κ1) is 27.8. The van der Waals surface area contributed by atoms with Crippen molar-refractivity contribution in [2.24, 2.45) is 5.92 Å². The molecule has 1 fully saturated rings. The molecule has 3 heterocycles. The van der Waals surface area contributed by atoms with Crippen LogP contribution in [-0.2, 0) is 23.2 Å². The van der Waals surface area contributed by atoms with Crippen LogP contribution in [0, 0.1) is 19.3 Å². The molecule has 0 saturated carbocycles. The first-order valence-corrected chi connectivity index (χ1v) is 14.1. The van der Waals surface area contributed by atoms with Crippen molar-refractivity contribution in [3.8, 4) is 0 Å². The summed E-state index contributed by atoms with van der Waals surface area (Å²) < 4.78 is 3.08. The molecule has 2 unspecified atom stereocenters. The lowest BCUT2D eigenvalue weighted by Gasteiger charge is -2.31. The number of benzene rings is 1. The van der Waals surface area contributed by atoms with Gasteiger partial charge in [0, 0.05) is 45.9 Å². The van der Waals surface area contributed by atoms with Crippen LogP contribution in [0.1, 0.15) is 55.5 Å². The average molecular weight is 586 g/mol. The topological polar surface area (TPSA) is 71.8 Å². The van der Waals surface area contributed by atoms with Crippen molar-refractivity contribution in [3.63, 3.8) is 0 Å². The van der Waals surface area contributed by atoms with Crippen LogP contribution in [0.25, 0.3) is 0 Å². The number of aromatic nitrogens is 3. The van der Waals surface area contributed by atoms with Crippen molar-refractivity contribution in [2.45, 2.75) is 64.5 Å². The van der Waals surface area contributed by atoms with Gasteiger partial charge in [-0.05, 0) is 123 Å². The van der Waals surface area contributed by atoms with Gasteiger partial charge in [0.15, 0.2) is 0 Å². The first-order valence-electron chi connectivity index (χ1n) is 12.9. The molecular weight excluding hydrogens is 550 g/mol. The maximum atomic E-state index is 13.0. The van der Waals surface area contributed by atoms with Gasteiger partial charge in [-0.1, -0.05) is 17.7 Å². The molecule has 197 valence electrons. The molecule has 0 bridgehead atoms. The smallest absolute Gasteiger partial charge is 0.237 e. The zero-order valence-electron chi connectivity index (χ0n) is 21.8. The zero-order chi connectivity index (χ0) is 26.4. The monoisotopic (exact) mass is 584 g/mol. The predicted molar refractivity (Wildman–Crippen MR) is 153 cm³/mol. The second kappa shape index (κ2) is 12.5. The Morgan fingerprint density at radius 2 is 2.11 bits per heavy atom. The summed E-state index contributed by atoms with van der Waals surface area (Å²) >= 11 is 9.91. The number of hydrogen-bond acceptors (Lipinski definition) is 4. The summed E-state index contributed by atoms with van der Waals surface area (Å²) in [7, 11) is 0. The standard InChI is InChI=1S/C29H36BrClN5O/c1-20-22(16-25(30)18-35-20)4-5-24-17-26(31)7-6-23(24)14-21-8-10-33-27(15-21)28(37)34-11-9-29(2,3)36-13-12-32-19-36/h6-7,12-14,16-19,21,27,33H,4-5,8-11,15H2,1-3H3,(H,34,37). The van der Waals surface area contributed by atoms with E-state index in [4.69, 9.17) is 11.6 Å². The van der Waals surface area contributed by atoms with Gasteiger partial charge in [0.1, 0.15) is 0 Å². The SMILES string of the molecule is Cc1ncc(Br)cc1CCc1cc(Cl)ccc1[CH]C1CCNC(C(=O)NCCC(C)(C)n2ccnc2)C1. The van der Waals surface area contributed by atoms with Crippen molar-refractivity contribution < 1.29 is 4.79 Å². The van der Waals surface area contributed by atoms with Crippen LogP contribution in [0.2, 0.25) is 5.02 Å². The number of piperidine rings is 1. The molecule has 0 aliphatic carbocycles. The van der Waals surface area contributed by atoms with E-state index in [9.17, 15) is 4.79 Å². The fourth-order valence-corrected chi connectivity index (χ4v) is 5.51. The van der Waals surface area contributed by atoms with Crippen LogP contribution in [0.4, 0.5) is 0 Å². The third kappa shape index (κ3) is 7.65. The number of imidazole rings is 1. The predicted octanol–water partition coefficient (Wildman–Crippen LogP) is 5.65. The van der Waals surface area contributed by atoms with E-state index in [1.54, 1.807) is 6.20 Å². The van der Waals surface area contributed by atoms with Crippen LogP contribution >= 0.6 is 27.5 Å². The molecule has 1 aromatic carbocycles. The summed E-state index contributed by atoms with van der Waals surface area (Å²) in [5.41, 5.74) is 4.62. The summed E-state index contributed by atoms with van der Waals surface area (Å²) in [5, 5.41) is 7.31. The van der Waals surface area contributed by atoms with Gasteiger partial charge in [0.25, 0.3) is 0 Å². The van der Waals surface area contributed by atoms with Gasteiger partial charge < -0.3 is 15.2 Å². The van der Waals surface area contributed by atoms with E-state index in [-0.39, 0.29) is 17.5 Å². The normalized spacial score (nSPS) is 18.1. The van der Waals surface area contributed by atoms with Crippen molar-refractivity contribution in [3.05, 3.63) is 87.5 Å². The molecule has 3 aromatic rings. The van der Waals surface area contributed by atoms with Crippen molar-refractivity contribution in [1.29, 1.82) is 0 Å². The van der Waals surface area contributed by atoms with Crippen LogP contribution in [0.15, 0.2) is 53.7 Å². The molecule has 2 N–H and O–H groups in total. The summed E-state index contributed by atoms with van der Waals surface area (Å²) in [5.74, 6) is 0.405. The molecule has 1 saturated heterocycles. The van der Waals surface area contributed by atoms with E-state index in [2.05, 4.69) is 79.6 Å². The number of aryl methyl sites for hydroxylation is 3. The second-order valence-electron chi connectivity index (χ2n) is 10.5. The Balaban J connectivity index is 1.33. The number of amides is 1. The molecule has 6 nitrogen and oxygen atoms in total. The highest BCUT2D eigenvalue weighted by molar-refractivity contribution is 9.10. The Hall–Kier alpha value is -2.22. The Morgan fingerprint density at radius 3 is 2.89 bits per heavy atom. The number of nitrogens with one attached hydrogen (secondary N) is 2. The van der Waals surface area contributed by atoms with E-state index < -0.39 is 0 Å². The maximum absolute atomic E-state index is 13.0. The highest BCUT2D eigenvalue weighted by Crippen LogP contribution is 2.28. The third-order valence-corrected chi connectivity index (χ3v) is 8.01. The molecule has 0 spiro atoms. The summed E-state index contributed by atoms with van der Waals surface area (Å²) in [4.78, 5) is 21.6. The van der Waals surface area contributed by atoms with Crippen LogP contribution in [0.3, 0.4) is 0 Å². The Morgan fingerprint density at radius 1 is 1.30 bits per heavy atom. The van der Waals surface area contributed by atoms with E-state index >= 15 is 0 Å². The van der Waals surface area contributed by atoms with E-state index in [0.29, 0.717) is 12.5 Å². The van der Waals surface area contributed by atoms with Crippen molar-refractivity contribution >= 4 is 33.4 Å². The van der Waals surface area contributed by atoms with Gasteiger partial charge in [-0.2, -0.15) is 0 Å². The van der Waals surface area contributed by atoms with Crippen LogP contribution < -0.4 is 10.6 Å². The quantitative estimate of drug-likeness (QED) is 0.323. The largest absolute Gasteiger partial charge is 0.355 e. The molecule has 2 atom stereocenters. The molecule has 4 rings (SSSR count). The molecule has 1 aliphatic heterocycles. The summed E-state index contributed by atoms with van der Waals surface area (Å²) in [6, 6.07) is 8.09. The van der Waals surface area contributed by atoms with Crippen LogP contribution in [-0.4, -0.2) is 39.6 Å². The lowest BCUT2D eigenvalue weighted by atomic mass is 9.84. The minimum absolute atomic E-state index is 0.0773. The molecule has 37 heavy (non-hydrogen) atoms. The highest BCUT2D eigenvalue weighted by atomic mass is 79.9. The number of hydrogen-bond donors (Lipinski definition) is 2. The van der Waals surface area contributed by atoms with Gasteiger partial charge in [-0.15, -0.1) is 0 Å². The van der Waals surface area contributed by atoms with E-state index in [0.717, 1.165) is 53.8 Å². The molecule has 1 radical (unpaired) electrons. The fraction of sp³-hybridized carbons (Fsp3) is 0.448. The van der Waals surface area contributed by atoms with Gasteiger partial charge >= 0.3 is 0 Å². The molecule has 8 heteroatoms. The number of nitrogens with zero attached hydrogens (tertiary/aromatic N) is 3. The number of carbonyl (C=O) groups is 1. The van der Waals surface area contributed by atoms with Crippen LogP contribution in [0.5, 0.6) is 0 Å². The number of pyridine rings is 1. The van der Waals surface area contributed by atoms with E-state index in [1.165, 1.54) is 16.7 Å². The van der Waals surface area contributed by atoms with Gasteiger partial charge in [0.2, 0.25) is 5.91 Å². The number of rotatable bonds is 10. The minimum Gasteiger partial charge on any atom is -0.355 e. The summed E-state index contributed by atoms with van der Waals surface area (Å²) in [6.07, 6.45) is 14.1. The summed E-state index contributed by atoms with van der Waals surface area (Å²) in [6.45, 7) is 7.81. The van der Waals surface area contributed by atoms with Gasteiger partial charge in [0.05, 0.1) is 12.4 Å². The van der Waals surface area contributed by atoms with Crippen molar-refractivity contribution in [2.75, 3.05) is 13.1 Å². The lowest BCUT2D eigenvalue weighted by molar-refractivity contribution is -0.124. The van der Waals surface area contributed by atoms with Crippen molar-refractivity contribution in [1.82, 2.24) is 25.2 Å². The molecule has 2 aromatic heterocycles. The highest BCUT2D eigenvalue weighted by Gasteiger charge is 2.28. The Labute approximate surface area is 233 Å². The lowest BCUT2D eigenvalue weighted by Crippen LogP contribution is -2.49. The molecular formula is C29H36BrClN5O. The average Bonchev–Trinajstić information content (AvgIpc) is 3.42. The van der Waals surface area contributed by atoms with Gasteiger partial charge in [-0.25, -0.2) is 4.98 Å². The van der Waals surface area contributed by atoms with E-state index in [1.807, 2.05) is 31.7 Å². The Kier molecular flexibility index (Phi) is 9.43. The van der Waals surface area contributed by atoms with Gasteiger partial charge in [-0.3, -0.25) is 9.78 Å². The minimum atomic E-state index is -0.183. The number of halogens is 2. The third-order valence-electron chi connectivity index (χ3n) is 7.34. The number of carbonyl (C=O) groups excluding carboxylic acids is 1. The zero-order valence-corrected chi connectivity index (χ0v) is 24.1. The Bertz CT molecular complexity index is 1200. The fourth-order valence-electron chi connectivity index (χ4n) is 4.94. The second-order valence-corrected chi connectivity index (χ2v) is 11.9. The molecule has 1 aliphatic rings. The first-order chi connectivity index (χ1) is 17.7. The maximum Gasteiger partial charge on any atom is 0.237 e.